The number of carbonyl (C=O) groups excluding carboxylic acids is 1. The van der Waals surface area contributed by atoms with Gasteiger partial charge >= 0.3 is 0 Å². The third kappa shape index (κ3) is 3.17. The van der Waals surface area contributed by atoms with Crippen molar-refractivity contribution < 1.29 is 13.9 Å². The third-order valence-electron chi connectivity index (χ3n) is 3.79. The lowest BCUT2D eigenvalue weighted by Crippen LogP contribution is -2.41. The van der Waals surface area contributed by atoms with E-state index in [1.165, 1.54) is 12.1 Å². The van der Waals surface area contributed by atoms with E-state index < -0.39 is 0 Å². The van der Waals surface area contributed by atoms with Crippen LogP contribution in [0.4, 0.5) is 4.39 Å². The zero-order chi connectivity index (χ0) is 15.5. The Bertz CT molecular complexity index is 648. The maximum atomic E-state index is 12.9. The smallest absolute Gasteiger partial charge is 0.272 e. The molecule has 0 saturated carbocycles. The predicted octanol–water partition coefficient (Wildman–Crippen LogP) is 2.31. The van der Waals surface area contributed by atoms with Gasteiger partial charge in [0.1, 0.15) is 5.82 Å². The molecule has 3 rings (SSSR count). The fraction of sp³-hybridized carbons (Fsp3) is 0.375. The van der Waals surface area contributed by atoms with Crippen LogP contribution >= 0.6 is 0 Å². The zero-order valence-electron chi connectivity index (χ0n) is 12.3. The summed E-state index contributed by atoms with van der Waals surface area (Å²) in [4.78, 5) is 12.2. The summed E-state index contributed by atoms with van der Waals surface area (Å²) in [7, 11) is 0. The Balaban J connectivity index is 1.67. The summed E-state index contributed by atoms with van der Waals surface area (Å²) >= 11 is 0. The van der Waals surface area contributed by atoms with Crippen LogP contribution in [0.15, 0.2) is 36.5 Å². The molecule has 1 fully saturated rings. The van der Waals surface area contributed by atoms with Crippen molar-refractivity contribution in [2.75, 3.05) is 6.61 Å². The van der Waals surface area contributed by atoms with Gasteiger partial charge in [0.2, 0.25) is 0 Å². The van der Waals surface area contributed by atoms with Crippen molar-refractivity contribution in [1.82, 2.24) is 15.1 Å². The van der Waals surface area contributed by atoms with Gasteiger partial charge in [-0.2, -0.15) is 5.10 Å². The van der Waals surface area contributed by atoms with Gasteiger partial charge in [-0.25, -0.2) is 9.07 Å². The lowest BCUT2D eigenvalue weighted by atomic mass is 10.1. The van der Waals surface area contributed by atoms with E-state index in [0.29, 0.717) is 11.4 Å². The van der Waals surface area contributed by atoms with Gasteiger partial charge in [-0.05, 0) is 50.1 Å². The minimum atomic E-state index is -0.306. The Kier molecular flexibility index (Phi) is 4.20. The van der Waals surface area contributed by atoms with Crippen LogP contribution in [0.2, 0.25) is 0 Å². The second kappa shape index (κ2) is 6.27. The summed E-state index contributed by atoms with van der Waals surface area (Å²) in [5.41, 5.74) is 1.03. The van der Waals surface area contributed by atoms with Gasteiger partial charge in [-0.1, -0.05) is 0 Å². The molecule has 1 aromatic carbocycles. The number of rotatable bonds is 4. The molecule has 1 amide bonds. The first kappa shape index (κ1) is 14.7. The molecule has 5 nitrogen and oxygen atoms in total. The number of hydrogen-bond donors (Lipinski definition) is 1. The number of halogens is 1. The van der Waals surface area contributed by atoms with E-state index in [-0.39, 0.29) is 23.9 Å². The van der Waals surface area contributed by atoms with Crippen LogP contribution < -0.4 is 5.32 Å². The standard InChI is InChI=1S/C16H18FN3O2/c1-11(15-3-2-10-22-15)18-16(21)14-8-9-20(19-14)13-6-4-12(17)5-7-13/h4-9,11,15H,2-3,10H2,1H3,(H,18,21)/t11-,15+/m0/s1. The molecular formula is C16H18FN3O2. The van der Waals surface area contributed by atoms with Crippen molar-refractivity contribution in [2.45, 2.75) is 31.9 Å². The number of benzene rings is 1. The van der Waals surface area contributed by atoms with Crippen LogP contribution in [0, 0.1) is 5.82 Å². The van der Waals surface area contributed by atoms with Gasteiger partial charge in [0.25, 0.3) is 5.91 Å². The largest absolute Gasteiger partial charge is 0.376 e. The summed E-state index contributed by atoms with van der Waals surface area (Å²) in [6.45, 7) is 2.69. The van der Waals surface area contributed by atoms with Gasteiger partial charge in [-0.15, -0.1) is 0 Å². The Morgan fingerprint density at radius 1 is 1.41 bits per heavy atom. The molecule has 1 aromatic heterocycles. The maximum absolute atomic E-state index is 12.9. The summed E-state index contributed by atoms with van der Waals surface area (Å²) in [5.74, 6) is -0.539. The third-order valence-corrected chi connectivity index (χ3v) is 3.79. The Morgan fingerprint density at radius 3 is 2.86 bits per heavy atom. The van der Waals surface area contributed by atoms with Gasteiger partial charge in [-0.3, -0.25) is 4.79 Å². The molecule has 2 atom stereocenters. The van der Waals surface area contributed by atoms with E-state index in [1.807, 2.05) is 6.92 Å². The topological polar surface area (TPSA) is 56.2 Å². The van der Waals surface area contributed by atoms with Crippen molar-refractivity contribution in [2.24, 2.45) is 0 Å². The van der Waals surface area contributed by atoms with Crippen LogP contribution in [-0.4, -0.2) is 34.4 Å². The Labute approximate surface area is 128 Å². The Hall–Kier alpha value is -2.21. The molecule has 1 saturated heterocycles. The summed E-state index contributed by atoms with van der Waals surface area (Å²) in [6, 6.07) is 7.52. The zero-order valence-corrected chi connectivity index (χ0v) is 12.3. The van der Waals surface area contributed by atoms with E-state index in [0.717, 1.165) is 19.4 Å². The first-order chi connectivity index (χ1) is 10.6. The molecule has 0 aliphatic carbocycles. The molecule has 2 aromatic rings. The highest BCUT2D eigenvalue weighted by Crippen LogP contribution is 2.16. The highest BCUT2D eigenvalue weighted by molar-refractivity contribution is 5.92. The lowest BCUT2D eigenvalue weighted by Gasteiger charge is -2.19. The molecule has 0 bridgehead atoms. The molecule has 0 unspecified atom stereocenters. The van der Waals surface area contributed by atoms with Crippen LogP contribution in [0.1, 0.15) is 30.3 Å². The van der Waals surface area contributed by atoms with Crippen LogP contribution in [0.3, 0.4) is 0 Å². The van der Waals surface area contributed by atoms with E-state index >= 15 is 0 Å². The molecule has 0 radical (unpaired) electrons. The second-order valence-corrected chi connectivity index (χ2v) is 5.44. The minimum absolute atomic E-state index is 0.0500. The highest BCUT2D eigenvalue weighted by Gasteiger charge is 2.24. The van der Waals surface area contributed by atoms with Gasteiger partial charge in [0.05, 0.1) is 17.8 Å². The van der Waals surface area contributed by atoms with Crippen LogP contribution in [-0.2, 0) is 4.74 Å². The summed E-state index contributed by atoms with van der Waals surface area (Å²) < 4.78 is 20.0. The number of ether oxygens (including phenoxy) is 1. The average molecular weight is 303 g/mol. The summed E-state index contributed by atoms with van der Waals surface area (Å²) in [5, 5.41) is 7.14. The molecule has 2 heterocycles. The molecule has 22 heavy (non-hydrogen) atoms. The normalized spacial score (nSPS) is 19.1. The number of hydrogen-bond acceptors (Lipinski definition) is 3. The fourth-order valence-electron chi connectivity index (χ4n) is 2.55. The van der Waals surface area contributed by atoms with Gasteiger partial charge in [0.15, 0.2) is 5.69 Å². The number of nitrogens with zero attached hydrogens (tertiary/aromatic N) is 2. The van der Waals surface area contributed by atoms with E-state index in [4.69, 9.17) is 4.74 Å². The SMILES string of the molecule is C[C@H](NC(=O)c1ccn(-c2ccc(F)cc2)n1)[C@H]1CCCO1. The van der Waals surface area contributed by atoms with Gasteiger partial charge < -0.3 is 10.1 Å². The number of aromatic nitrogens is 2. The van der Waals surface area contributed by atoms with Crippen LogP contribution in [0.25, 0.3) is 5.69 Å². The van der Waals surface area contributed by atoms with Crippen LogP contribution in [0.5, 0.6) is 0 Å². The van der Waals surface area contributed by atoms with E-state index in [2.05, 4.69) is 10.4 Å². The van der Waals surface area contributed by atoms with Crippen molar-refractivity contribution in [1.29, 1.82) is 0 Å². The number of carbonyl (C=O) groups is 1. The average Bonchev–Trinajstić information content (AvgIpc) is 3.20. The molecule has 6 heteroatoms. The van der Waals surface area contributed by atoms with Crippen molar-refractivity contribution >= 4 is 5.91 Å². The maximum Gasteiger partial charge on any atom is 0.272 e. The molecule has 1 aliphatic heterocycles. The lowest BCUT2D eigenvalue weighted by molar-refractivity contribution is 0.0709. The van der Waals surface area contributed by atoms with E-state index in [1.54, 1.807) is 29.1 Å². The second-order valence-electron chi connectivity index (χ2n) is 5.44. The number of nitrogens with one attached hydrogen (secondary N) is 1. The summed E-state index contributed by atoms with van der Waals surface area (Å²) in [6.07, 6.45) is 3.75. The molecule has 116 valence electrons. The van der Waals surface area contributed by atoms with Crippen molar-refractivity contribution in [3.8, 4) is 5.69 Å². The van der Waals surface area contributed by atoms with E-state index in [9.17, 15) is 9.18 Å². The molecule has 0 spiro atoms. The molecular weight excluding hydrogens is 285 g/mol. The first-order valence-corrected chi connectivity index (χ1v) is 7.37. The fourth-order valence-corrected chi connectivity index (χ4v) is 2.55. The highest BCUT2D eigenvalue weighted by atomic mass is 19.1. The van der Waals surface area contributed by atoms with Gasteiger partial charge in [0, 0.05) is 12.8 Å². The Morgan fingerprint density at radius 2 is 2.18 bits per heavy atom. The molecule has 1 N–H and O–H groups in total. The number of amides is 1. The van der Waals surface area contributed by atoms with Crippen molar-refractivity contribution in [3.05, 3.63) is 48.0 Å². The molecule has 1 aliphatic rings. The minimum Gasteiger partial charge on any atom is -0.376 e. The predicted molar refractivity (Wildman–Crippen MR) is 79.4 cm³/mol. The monoisotopic (exact) mass is 303 g/mol. The first-order valence-electron chi connectivity index (χ1n) is 7.37. The quantitative estimate of drug-likeness (QED) is 0.943. The van der Waals surface area contributed by atoms with Crippen molar-refractivity contribution in [3.63, 3.8) is 0 Å².